The van der Waals surface area contributed by atoms with Crippen molar-refractivity contribution in [2.45, 2.75) is 6.92 Å². The number of carbonyl (C=O) groups is 1. The van der Waals surface area contributed by atoms with Gasteiger partial charge in [-0.15, -0.1) is 0 Å². The number of likely N-dealkylation sites (N-methyl/N-ethyl adjacent to an activating group) is 1. The minimum absolute atomic E-state index is 0.174. The van der Waals surface area contributed by atoms with Crippen molar-refractivity contribution in [1.82, 2.24) is 4.90 Å². The molecule has 1 fully saturated rings. The first-order chi connectivity index (χ1) is 12.1. The van der Waals surface area contributed by atoms with E-state index >= 15 is 0 Å². The largest absolute Gasteiger partial charge is 0.367 e. The molecule has 0 aromatic heterocycles. The quantitative estimate of drug-likeness (QED) is 0.923. The van der Waals surface area contributed by atoms with E-state index in [1.165, 1.54) is 0 Å². The van der Waals surface area contributed by atoms with Gasteiger partial charge in [0.25, 0.3) is 5.91 Å². The highest BCUT2D eigenvalue weighted by molar-refractivity contribution is 6.06. The number of anilines is 2. The molecule has 2 aromatic rings. The second kappa shape index (κ2) is 7.61. The number of halogens is 2. The molecule has 2 aromatic carbocycles. The molecule has 1 aliphatic heterocycles. The van der Waals surface area contributed by atoms with Gasteiger partial charge in [-0.3, -0.25) is 4.79 Å². The normalized spacial score (nSPS) is 15.2. The Morgan fingerprint density at radius 1 is 1.08 bits per heavy atom. The van der Waals surface area contributed by atoms with Gasteiger partial charge in [0.15, 0.2) is 0 Å². The summed E-state index contributed by atoms with van der Waals surface area (Å²) in [5, 5.41) is 2.75. The zero-order chi connectivity index (χ0) is 17.8. The Kier molecular flexibility index (Phi) is 5.28. The van der Waals surface area contributed by atoms with Crippen LogP contribution in [0.4, 0.5) is 20.2 Å². The fourth-order valence-corrected chi connectivity index (χ4v) is 3.02. The van der Waals surface area contributed by atoms with Crippen LogP contribution in [0.1, 0.15) is 17.3 Å². The lowest BCUT2D eigenvalue weighted by molar-refractivity contribution is 0.102. The maximum Gasteiger partial charge on any atom is 0.258 e. The Balaban J connectivity index is 1.78. The molecule has 0 atom stereocenters. The Hall–Kier alpha value is -2.47. The first-order valence-corrected chi connectivity index (χ1v) is 8.41. The topological polar surface area (TPSA) is 35.6 Å². The van der Waals surface area contributed by atoms with Crippen molar-refractivity contribution in [1.29, 1.82) is 0 Å². The van der Waals surface area contributed by atoms with Gasteiger partial charge in [0, 0.05) is 32.2 Å². The maximum atomic E-state index is 13.8. The van der Waals surface area contributed by atoms with Crippen LogP contribution in [-0.2, 0) is 0 Å². The summed E-state index contributed by atoms with van der Waals surface area (Å²) in [6.45, 7) is 6.82. The summed E-state index contributed by atoms with van der Waals surface area (Å²) in [6.07, 6.45) is 0. The number of rotatable bonds is 4. The van der Waals surface area contributed by atoms with Crippen molar-refractivity contribution in [2.24, 2.45) is 0 Å². The summed E-state index contributed by atoms with van der Waals surface area (Å²) in [6, 6.07) is 10.4. The third kappa shape index (κ3) is 3.96. The van der Waals surface area contributed by atoms with Crippen molar-refractivity contribution >= 4 is 17.3 Å². The molecule has 4 nitrogen and oxygen atoms in total. The van der Waals surface area contributed by atoms with Crippen LogP contribution in [0.5, 0.6) is 0 Å². The van der Waals surface area contributed by atoms with E-state index in [1.54, 1.807) is 6.07 Å². The number of benzene rings is 2. The second-order valence-electron chi connectivity index (χ2n) is 6.02. The highest BCUT2D eigenvalue weighted by Gasteiger charge is 2.20. The summed E-state index contributed by atoms with van der Waals surface area (Å²) in [5.41, 5.74) is 1.36. The van der Waals surface area contributed by atoms with Crippen LogP contribution >= 0.6 is 0 Å². The Labute approximate surface area is 146 Å². The van der Waals surface area contributed by atoms with Crippen molar-refractivity contribution in [3.63, 3.8) is 0 Å². The van der Waals surface area contributed by atoms with Gasteiger partial charge >= 0.3 is 0 Å². The number of nitrogens with zero attached hydrogens (tertiary/aromatic N) is 2. The van der Waals surface area contributed by atoms with Gasteiger partial charge in [0.1, 0.15) is 11.6 Å². The molecule has 3 rings (SSSR count). The lowest BCUT2D eigenvalue weighted by atomic mass is 10.1. The molecule has 0 saturated carbocycles. The van der Waals surface area contributed by atoms with Crippen LogP contribution in [0, 0.1) is 11.6 Å². The van der Waals surface area contributed by atoms with E-state index in [1.807, 2.05) is 18.2 Å². The number of nitrogens with one attached hydrogen (secondary N) is 1. The van der Waals surface area contributed by atoms with Gasteiger partial charge in [-0.2, -0.15) is 0 Å². The molecule has 132 valence electrons. The van der Waals surface area contributed by atoms with Crippen LogP contribution in [0.15, 0.2) is 42.5 Å². The number of amides is 1. The molecule has 1 N–H and O–H groups in total. The fraction of sp³-hybridized carbons (Fsp3) is 0.316. The molecule has 0 radical (unpaired) electrons. The van der Waals surface area contributed by atoms with E-state index in [0.717, 1.165) is 50.5 Å². The standard InChI is InChI=1S/C19H21F2N3O/c1-2-23-9-11-24(12-10-23)18-6-4-3-5-17(18)22-19(25)15-8-7-14(20)13-16(15)21/h3-8,13H,2,9-12H2,1H3,(H,22,25). The number of carbonyl (C=O) groups excluding carboxylic acids is 1. The minimum Gasteiger partial charge on any atom is -0.367 e. The van der Waals surface area contributed by atoms with E-state index < -0.39 is 17.5 Å². The zero-order valence-corrected chi connectivity index (χ0v) is 14.1. The number of hydrogen-bond acceptors (Lipinski definition) is 3. The first kappa shape index (κ1) is 17.4. The summed E-state index contributed by atoms with van der Waals surface area (Å²) >= 11 is 0. The second-order valence-corrected chi connectivity index (χ2v) is 6.02. The molecule has 0 unspecified atom stereocenters. The predicted octanol–water partition coefficient (Wildman–Crippen LogP) is 3.36. The van der Waals surface area contributed by atoms with E-state index in [2.05, 4.69) is 22.0 Å². The van der Waals surface area contributed by atoms with E-state index in [-0.39, 0.29) is 5.56 Å². The molecule has 0 spiro atoms. The summed E-state index contributed by atoms with van der Waals surface area (Å²) in [7, 11) is 0. The van der Waals surface area contributed by atoms with Crippen molar-refractivity contribution in [3.05, 3.63) is 59.7 Å². The lowest BCUT2D eigenvalue weighted by Gasteiger charge is -2.36. The van der Waals surface area contributed by atoms with E-state index in [0.29, 0.717) is 11.8 Å². The molecule has 1 aliphatic rings. The SMILES string of the molecule is CCN1CCN(c2ccccc2NC(=O)c2ccc(F)cc2F)CC1. The van der Waals surface area contributed by atoms with Gasteiger partial charge in [-0.05, 0) is 30.8 Å². The summed E-state index contributed by atoms with van der Waals surface area (Å²) in [4.78, 5) is 17.0. The van der Waals surface area contributed by atoms with Crippen molar-refractivity contribution in [3.8, 4) is 0 Å². The van der Waals surface area contributed by atoms with Gasteiger partial charge < -0.3 is 15.1 Å². The highest BCUT2D eigenvalue weighted by atomic mass is 19.1. The Bertz CT molecular complexity index is 758. The van der Waals surface area contributed by atoms with E-state index in [4.69, 9.17) is 0 Å². The van der Waals surface area contributed by atoms with Crippen LogP contribution in [0.25, 0.3) is 0 Å². The lowest BCUT2D eigenvalue weighted by Crippen LogP contribution is -2.46. The predicted molar refractivity (Wildman–Crippen MR) is 95.1 cm³/mol. The molecule has 1 saturated heterocycles. The van der Waals surface area contributed by atoms with Gasteiger partial charge in [0.05, 0.1) is 16.9 Å². The van der Waals surface area contributed by atoms with Crippen molar-refractivity contribution in [2.75, 3.05) is 42.9 Å². The molecule has 1 amide bonds. The van der Waals surface area contributed by atoms with Gasteiger partial charge in [-0.25, -0.2) is 8.78 Å². The average molecular weight is 345 g/mol. The first-order valence-electron chi connectivity index (χ1n) is 8.41. The minimum atomic E-state index is -0.869. The molecular weight excluding hydrogens is 324 g/mol. The van der Waals surface area contributed by atoms with Crippen LogP contribution in [0.3, 0.4) is 0 Å². The van der Waals surface area contributed by atoms with Crippen LogP contribution < -0.4 is 10.2 Å². The van der Waals surface area contributed by atoms with Gasteiger partial charge in [-0.1, -0.05) is 19.1 Å². The number of hydrogen-bond donors (Lipinski definition) is 1. The smallest absolute Gasteiger partial charge is 0.258 e. The maximum absolute atomic E-state index is 13.8. The monoisotopic (exact) mass is 345 g/mol. The molecule has 0 bridgehead atoms. The van der Waals surface area contributed by atoms with Gasteiger partial charge in [0.2, 0.25) is 0 Å². The summed E-state index contributed by atoms with van der Waals surface area (Å²) < 4.78 is 26.8. The number of para-hydroxylation sites is 2. The third-order valence-corrected chi connectivity index (χ3v) is 4.49. The molecular formula is C19H21F2N3O. The van der Waals surface area contributed by atoms with Crippen LogP contribution in [0.2, 0.25) is 0 Å². The Morgan fingerprint density at radius 2 is 1.80 bits per heavy atom. The molecule has 6 heteroatoms. The highest BCUT2D eigenvalue weighted by Crippen LogP contribution is 2.27. The third-order valence-electron chi connectivity index (χ3n) is 4.49. The summed E-state index contributed by atoms with van der Waals surface area (Å²) in [5.74, 6) is -2.16. The average Bonchev–Trinajstić information content (AvgIpc) is 2.62. The van der Waals surface area contributed by atoms with Crippen LogP contribution in [-0.4, -0.2) is 43.5 Å². The Morgan fingerprint density at radius 3 is 2.48 bits per heavy atom. The van der Waals surface area contributed by atoms with E-state index in [9.17, 15) is 13.6 Å². The molecule has 25 heavy (non-hydrogen) atoms. The fourth-order valence-electron chi connectivity index (χ4n) is 3.02. The zero-order valence-electron chi connectivity index (χ0n) is 14.1. The number of piperazine rings is 1. The molecule has 0 aliphatic carbocycles. The van der Waals surface area contributed by atoms with Crippen molar-refractivity contribution < 1.29 is 13.6 Å². The molecule has 1 heterocycles.